The van der Waals surface area contributed by atoms with Crippen molar-refractivity contribution in [1.82, 2.24) is 10.2 Å². The molecule has 0 aromatic carbocycles. The highest BCUT2D eigenvalue weighted by atomic mass is 16.5. The van der Waals surface area contributed by atoms with Crippen LogP contribution in [0.2, 0.25) is 0 Å². The third-order valence-electron chi connectivity index (χ3n) is 3.04. The number of rotatable bonds is 6. The van der Waals surface area contributed by atoms with Crippen LogP contribution in [-0.2, 0) is 9.53 Å². The number of amides is 1. The van der Waals surface area contributed by atoms with Gasteiger partial charge in [0.15, 0.2) is 0 Å². The van der Waals surface area contributed by atoms with Crippen molar-refractivity contribution in [2.75, 3.05) is 26.2 Å². The average molecular weight is 242 g/mol. The van der Waals surface area contributed by atoms with Gasteiger partial charge < -0.3 is 15.0 Å². The number of nitrogens with one attached hydrogen (secondary N) is 1. The summed E-state index contributed by atoms with van der Waals surface area (Å²) in [6.07, 6.45) is 3.39. The van der Waals surface area contributed by atoms with Gasteiger partial charge in [0.1, 0.15) is 6.61 Å². The van der Waals surface area contributed by atoms with Crippen LogP contribution < -0.4 is 5.32 Å². The molecule has 1 fully saturated rings. The minimum atomic E-state index is 0.118. The lowest BCUT2D eigenvalue weighted by molar-refractivity contribution is -0.140. The normalized spacial score (nSPS) is 20.6. The van der Waals surface area contributed by atoms with Crippen molar-refractivity contribution < 1.29 is 9.53 Å². The van der Waals surface area contributed by atoms with Crippen molar-refractivity contribution >= 4 is 5.91 Å². The van der Waals surface area contributed by atoms with Gasteiger partial charge in [0.05, 0.1) is 6.10 Å². The second-order valence-electron chi connectivity index (χ2n) is 4.95. The predicted molar refractivity (Wildman–Crippen MR) is 69.0 cm³/mol. The van der Waals surface area contributed by atoms with E-state index in [2.05, 4.69) is 12.2 Å². The van der Waals surface area contributed by atoms with Crippen molar-refractivity contribution in [3.05, 3.63) is 0 Å². The molecule has 1 heterocycles. The maximum atomic E-state index is 12.1. The summed E-state index contributed by atoms with van der Waals surface area (Å²) in [6, 6.07) is 0.354. The van der Waals surface area contributed by atoms with Crippen LogP contribution >= 0.6 is 0 Å². The summed E-state index contributed by atoms with van der Waals surface area (Å²) >= 11 is 0. The first kappa shape index (κ1) is 14.5. The molecule has 4 nitrogen and oxygen atoms in total. The van der Waals surface area contributed by atoms with E-state index in [0.717, 1.165) is 38.9 Å². The number of ether oxygens (including phenoxy) is 1. The average Bonchev–Trinajstić information content (AvgIpc) is 2.34. The molecule has 0 aromatic heterocycles. The van der Waals surface area contributed by atoms with E-state index in [-0.39, 0.29) is 18.6 Å². The third kappa shape index (κ3) is 5.04. The SMILES string of the molecule is CCCN(C(=O)COC(C)C)C1CCCNC1. The molecule has 0 aliphatic carbocycles. The number of carbonyl (C=O) groups is 1. The Balaban J connectivity index is 2.47. The summed E-state index contributed by atoms with van der Waals surface area (Å²) in [5, 5.41) is 3.36. The zero-order chi connectivity index (χ0) is 12.7. The number of hydrogen-bond donors (Lipinski definition) is 1. The standard InChI is InChI=1S/C13H26N2O2/c1-4-8-15(12-6-5-7-14-9-12)13(16)10-17-11(2)3/h11-12,14H,4-10H2,1-3H3. The second kappa shape index (κ2) is 7.67. The topological polar surface area (TPSA) is 41.6 Å². The van der Waals surface area contributed by atoms with Gasteiger partial charge in [0, 0.05) is 19.1 Å². The molecule has 1 aliphatic rings. The van der Waals surface area contributed by atoms with Crippen LogP contribution in [0.1, 0.15) is 40.0 Å². The summed E-state index contributed by atoms with van der Waals surface area (Å²) in [4.78, 5) is 14.1. The van der Waals surface area contributed by atoms with Gasteiger partial charge in [-0.15, -0.1) is 0 Å². The van der Waals surface area contributed by atoms with Gasteiger partial charge in [0.25, 0.3) is 0 Å². The number of piperidine rings is 1. The van der Waals surface area contributed by atoms with Gasteiger partial charge in [-0.2, -0.15) is 0 Å². The summed E-state index contributed by atoms with van der Waals surface area (Å²) < 4.78 is 5.41. The lowest BCUT2D eigenvalue weighted by Gasteiger charge is -2.34. The number of carbonyl (C=O) groups excluding carboxylic acids is 1. The van der Waals surface area contributed by atoms with Crippen molar-refractivity contribution in [2.24, 2.45) is 0 Å². The van der Waals surface area contributed by atoms with E-state index in [4.69, 9.17) is 4.74 Å². The fraction of sp³-hybridized carbons (Fsp3) is 0.923. The molecule has 1 N–H and O–H groups in total. The largest absolute Gasteiger partial charge is 0.369 e. The van der Waals surface area contributed by atoms with E-state index in [9.17, 15) is 4.79 Å². The molecular formula is C13H26N2O2. The van der Waals surface area contributed by atoms with Crippen LogP contribution in [0.4, 0.5) is 0 Å². The minimum Gasteiger partial charge on any atom is -0.369 e. The summed E-state index contributed by atoms with van der Waals surface area (Å²) in [5.41, 5.74) is 0. The molecule has 1 amide bonds. The van der Waals surface area contributed by atoms with Crippen molar-refractivity contribution in [1.29, 1.82) is 0 Å². The molecule has 1 rings (SSSR count). The van der Waals surface area contributed by atoms with Crippen molar-refractivity contribution in [3.8, 4) is 0 Å². The van der Waals surface area contributed by atoms with Gasteiger partial charge in [-0.3, -0.25) is 4.79 Å². The highest BCUT2D eigenvalue weighted by Crippen LogP contribution is 2.11. The zero-order valence-corrected chi connectivity index (χ0v) is 11.4. The van der Waals surface area contributed by atoms with Gasteiger partial charge in [-0.1, -0.05) is 6.92 Å². The van der Waals surface area contributed by atoms with Crippen LogP contribution in [0.15, 0.2) is 0 Å². The molecule has 1 unspecified atom stereocenters. The first-order valence-corrected chi connectivity index (χ1v) is 6.77. The number of hydrogen-bond acceptors (Lipinski definition) is 3. The van der Waals surface area contributed by atoms with Crippen LogP contribution in [0, 0.1) is 0 Å². The van der Waals surface area contributed by atoms with Crippen LogP contribution in [0.25, 0.3) is 0 Å². The van der Waals surface area contributed by atoms with Gasteiger partial charge in [-0.05, 0) is 39.7 Å². The zero-order valence-electron chi connectivity index (χ0n) is 11.4. The van der Waals surface area contributed by atoms with E-state index in [1.165, 1.54) is 0 Å². The lowest BCUT2D eigenvalue weighted by Crippen LogP contribution is -2.50. The van der Waals surface area contributed by atoms with Crippen LogP contribution in [0.5, 0.6) is 0 Å². The smallest absolute Gasteiger partial charge is 0.248 e. The summed E-state index contributed by atoms with van der Waals surface area (Å²) in [5.74, 6) is 0.134. The van der Waals surface area contributed by atoms with E-state index in [0.29, 0.717) is 6.04 Å². The quantitative estimate of drug-likeness (QED) is 0.765. The second-order valence-corrected chi connectivity index (χ2v) is 4.95. The molecule has 1 saturated heterocycles. The van der Waals surface area contributed by atoms with Gasteiger partial charge >= 0.3 is 0 Å². The Hall–Kier alpha value is -0.610. The molecule has 100 valence electrons. The monoisotopic (exact) mass is 242 g/mol. The highest BCUT2D eigenvalue weighted by molar-refractivity contribution is 5.77. The molecule has 1 aliphatic heterocycles. The van der Waals surface area contributed by atoms with E-state index >= 15 is 0 Å². The predicted octanol–water partition coefficient (Wildman–Crippen LogP) is 1.40. The van der Waals surface area contributed by atoms with E-state index in [1.54, 1.807) is 0 Å². The minimum absolute atomic E-state index is 0.118. The van der Waals surface area contributed by atoms with Crippen molar-refractivity contribution in [3.63, 3.8) is 0 Å². The Morgan fingerprint density at radius 3 is 2.82 bits per heavy atom. The highest BCUT2D eigenvalue weighted by Gasteiger charge is 2.24. The van der Waals surface area contributed by atoms with E-state index < -0.39 is 0 Å². The molecule has 0 saturated carbocycles. The molecular weight excluding hydrogens is 216 g/mol. The van der Waals surface area contributed by atoms with E-state index in [1.807, 2.05) is 18.7 Å². The fourth-order valence-electron chi connectivity index (χ4n) is 2.17. The lowest BCUT2D eigenvalue weighted by atomic mass is 10.1. The Kier molecular flexibility index (Phi) is 6.52. The molecule has 0 spiro atoms. The van der Waals surface area contributed by atoms with Gasteiger partial charge in [-0.25, -0.2) is 0 Å². The van der Waals surface area contributed by atoms with Gasteiger partial charge in [0.2, 0.25) is 5.91 Å². The Labute approximate surface area is 105 Å². The van der Waals surface area contributed by atoms with Crippen LogP contribution in [0.3, 0.4) is 0 Å². The molecule has 0 aromatic rings. The molecule has 0 radical (unpaired) electrons. The maximum Gasteiger partial charge on any atom is 0.248 e. The molecule has 4 heteroatoms. The molecule has 0 bridgehead atoms. The first-order valence-electron chi connectivity index (χ1n) is 6.77. The molecule has 17 heavy (non-hydrogen) atoms. The Morgan fingerprint density at radius 2 is 2.29 bits per heavy atom. The Morgan fingerprint density at radius 1 is 1.53 bits per heavy atom. The first-order chi connectivity index (χ1) is 8.15. The Bertz CT molecular complexity index is 225. The third-order valence-corrected chi connectivity index (χ3v) is 3.04. The molecule has 1 atom stereocenters. The van der Waals surface area contributed by atoms with Crippen LogP contribution in [-0.4, -0.2) is 49.2 Å². The summed E-state index contributed by atoms with van der Waals surface area (Å²) in [6.45, 7) is 9.08. The fourth-order valence-corrected chi connectivity index (χ4v) is 2.17. The number of nitrogens with zero attached hydrogens (tertiary/aromatic N) is 1. The van der Waals surface area contributed by atoms with Crippen molar-refractivity contribution in [2.45, 2.75) is 52.2 Å². The summed E-state index contributed by atoms with van der Waals surface area (Å²) in [7, 11) is 0. The maximum absolute atomic E-state index is 12.1.